The average Bonchev–Trinajstić information content (AvgIpc) is 3.11. The van der Waals surface area contributed by atoms with Gasteiger partial charge in [-0.3, -0.25) is 14.8 Å². The summed E-state index contributed by atoms with van der Waals surface area (Å²) in [6, 6.07) is 4.91. The van der Waals surface area contributed by atoms with Crippen molar-refractivity contribution in [3.05, 3.63) is 28.8 Å². The second-order valence-corrected chi connectivity index (χ2v) is 8.81. The molecule has 1 aromatic carbocycles. The van der Waals surface area contributed by atoms with Crippen molar-refractivity contribution in [2.24, 2.45) is 0 Å². The Morgan fingerprint density at radius 1 is 1.24 bits per heavy atom. The fourth-order valence-corrected chi connectivity index (χ4v) is 4.37. The predicted octanol–water partition coefficient (Wildman–Crippen LogP) is 1.92. The summed E-state index contributed by atoms with van der Waals surface area (Å²) >= 11 is 2.38. The van der Waals surface area contributed by atoms with Crippen LogP contribution >= 0.6 is 22.7 Å². The van der Waals surface area contributed by atoms with Crippen molar-refractivity contribution < 1.29 is 17.9 Å². The summed E-state index contributed by atoms with van der Waals surface area (Å²) in [5, 5.41) is 11.7. The van der Waals surface area contributed by atoms with Gasteiger partial charge in [-0.15, -0.1) is 10.2 Å². The summed E-state index contributed by atoms with van der Waals surface area (Å²) in [6.07, 6.45) is 1.05. The van der Waals surface area contributed by atoms with Gasteiger partial charge in [0.2, 0.25) is 15.2 Å². The first-order valence-electron chi connectivity index (χ1n) is 6.85. The number of fused-ring (bicyclic) bond motifs is 1. The molecule has 12 heteroatoms. The fourth-order valence-electron chi connectivity index (χ4n) is 1.92. The molecule has 0 saturated heterocycles. The number of carbonyl (C=O) groups excluding carboxylic acids is 1. The van der Waals surface area contributed by atoms with Gasteiger partial charge < -0.3 is 4.74 Å². The molecule has 0 atom stereocenters. The lowest BCUT2D eigenvalue weighted by molar-refractivity contribution is 0.102. The van der Waals surface area contributed by atoms with E-state index in [9.17, 15) is 13.2 Å². The Balaban J connectivity index is 1.79. The first-order valence-corrected chi connectivity index (χ1v) is 10.4. The summed E-state index contributed by atoms with van der Waals surface area (Å²) in [6.45, 7) is 0.330. The van der Waals surface area contributed by atoms with Crippen molar-refractivity contribution in [2.75, 3.05) is 23.4 Å². The van der Waals surface area contributed by atoms with Gasteiger partial charge in [-0.25, -0.2) is 13.4 Å². The maximum atomic E-state index is 12.3. The molecule has 3 aromatic rings. The van der Waals surface area contributed by atoms with E-state index in [0.29, 0.717) is 32.5 Å². The van der Waals surface area contributed by atoms with Crippen LogP contribution in [0.15, 0.2) is 18.2 Å². The summed E-state index contributed by atoms with van der Waals surface area (Å²) in [4.78, 5) is 16.5. The van der Waals surface area contributed by atoms with E-state index in [1.165, 1.54) is 11.3 Å². The molecule has 0 aliphatic carbocycles. The summed E-state index contributed by atoms with van der Waals surface area (Å²) < 4.78 is 30.5. The van der Waals surface area contributed by atoms with Crippen LogP contribution in [0.25, 0.3) is 10.2 Å². The molecule has 9 nitrogen and oxygen atoms in total. The molecule has 0 radical (unpaired) electrons. The average molecular weight is 399 g/mol. The first-order chi connectivity index (χ1) is 11.8. The predicted molar refractivity (Wildman–Crippen MR) is 96.7 cm³/mol. The number of nitrogens with one attached hydrogen (secondary N) is 2. The van der Waals surface area contributed by atoms with E-state index in [4.69, 9.17) is 4.74 Å². The van der Waals surface area contributed by atoms with Crippen molar-refractivity contribution in [1.82, 2.24) is 15.2 Å². The molecule has 132 valence electrons. The van der Waals surface area contributed by atoms with E-state index in [0.717, 1.165) is 17.6 Å². The van der Waals surface area contributed by atoms with Gasteiger partial charge in [-0.2, -0.15) is 0 Å². The van der Waals surface area contributed by atoms with Crippen molar-refractivity contribution >= 4 is 59.1 Å². The molecule has 0 saturated carbocycles. The second kappa shape index (κ2) is 7.00. The number of amides is 1. The highest BCUT2D eigenvalue weighted by Crippen LogP contribution is 2.27. The van der Waals surface area contributed by atoms with E-state index in [2.05, 4.69) is 25.2 Å². The molecular weight excluding hydrogens is 386 g/mol. The zero-order valence-corrected chi connectivity index (χ0v) is 15.6. The van der Waals surface area contributed by atoms with Crippen LogP contribution < -0.4 is 10.0 Å². The molecule has 1 amide bonds. The largest absolute Gasteiger partial charge is 0.377 e. The standard InChI is InChI=1S/C13H13N5O4S3/c1-22-6-10-16-17-12(24-10)15-11(19)7-3-4-8-9(5-7)23-13(14-8)18-25(2,20)21/h3-5H,6H2,1-2H3,(H,14,18)(H,15,17,19). The molecule has 0 spiro atoms. The molecule has 2 heterocycles. The van der Waals surface area contributed by atoms with Gasteiger partial charge >= 0.3 is 0 Å². The summed E-state index contributed by atoms with van der Waals surface area (Å²) in [7, 11) is -1.85. The van der Waals surface area contributed by atoms with E-state index in [1.54, 1.807) is 25.3 Å². The molecule has 25 heavy (non-hydrogen) atoms. The number of methoxy groups -OCH3 is 1. The number of carbonyl (C=O) groups is 1. The lowest BCUT2D eigenvalue weighted by Gasteiger charge is -2.00. The van der Waals surface area contributed by atoms with Crippen LogP contribution in [0.2, 0.25) is 0 Å². The Labute approximate surface area is 151 Å². The van der Waals surface area contributed by atoms with E-state index in [-0.39, 0.29) is 11.0 Å². The monoisotopic (exact) mass is 399 g/mol. The fraction of sp³-hybridized carbons (Fsp3) is 0.231. The van der Waals surface area contributed by atoms with Gasteiger partial charge in [0, 0.05) is 12.7 Å². The van der Waals surface area contributed by atoms with Crippen LogP contribution in [0.3, 0.4) is 0 Å². The minimum Gasteiger partial charge on any atom is -0.377 e. The molecule has 3 rings (SSSR count). The lowest BCUT2D eigenvalue weighted by atomic mass is 10.2. The number of aromatic nitrogens is 3. The highest BCUT2D eigenvalue weighted by Gasteiger charge is 2.13. The van der Waals surface area contributed by atoms with Crippen molar-refractivity contribution in [1.29, 1.82) is 0 Å². The Hall–Kier alpha value is -2.15. The van der Waals surface area contributed by atoms with Crippen LogP contribution in [-0.4, -0.2) is 42.9 Å². The molecule has 0 bridgehead atoms. The number of anilines is 2. The Morgan fingerprint density at radius 2 is 2.04 bits per heavy atom. The van der Waals surface area contributed by atoms with Gasteiger partial charge in [0.05, 0.1) is 16.5 Å². The second-order valence-electron chi connectivity index (χ2n) is 4.96. The minimum atomic E-state index is -3.40. The number of benzene rings is 1. The van der Waals surface area contributed by atoms with Gasteiger partial charge in [0.15, 0.2) is 5.13 Å². The van der Waals surface area contributed by atoms with Gasteiger partial charge in [-0.1, -0.05) is 22.7 Å². The van der Waals surface area contributed by atoms with Crippen LogP contribution in [0.1, 0.15) is 15.4 Å². The number of hydrogen-bond acceptors (Lipinski definition) is 9. The maximum absolute atomic E-state index is 12.3. The van der Waals surface area contributed by atoms with Crippen molar-refractivity contribution in [2.45, 2.75) is 6.61 Å². The normalized spacial score (nSPS) is 11.6. The van der Waals surface area contributed by atoms with Crippen molar-refractivity contribution in [3.8, 4) is 0 Å². The smallest absolute Gasteiger partial charge is 0.257 e. The van der Waals surface area contributed by atoms with Gasteiger partial charge in [0.1, 0.15) is 11.6 Å². The lowest BCUT2D eigenvalue weighted by Crippen LogP contribution is -2.11. The summed E-state index contributed by atoms with van der Waals surface area (Å²) in [5.41, 5.74) is 1.01. The van der Waals surface area contributed by atoms with Crippen LogP contribution in [0.4, 0.5) is 10.3 Å². The van der Waals surface area contributed by atoms with E-state index in [1.807, 2.05) is 0 Å². The van der Waals surface area contributed by atoms with E-state index < -0.39 is 10.0 Å². The third-order valence-electron chi connectivity index (χ3n) is 2.88. The zero-order valence-electron chi connectivity index (χ0n) is 13.1. The molecule has 2 N–H and O–H groups in total. The quantitative estimate of drug-likeness (QED) is 0.649. The number of thiazole rings is 1. The Kier molecular flexibility index (Phi) is 4.94. The minimum absolute atomic E-state index is 0.253. The number of sulfonamides is 1. The third kappa shape index (κ3) is 4.48. The number of hydrogen-bond donors (Lipinski definition) is 2. The Morgan fingerprint density at radius 3 is 2.76 bits per heavy atom. The highest BCUT2D eigenvalue weighted by atomic mass is 32.2. The molecule has 0 fully saturated rings. The van der Waals surface area contributed by atoms with Crippen LogP contribution in [0.5, 0.6) is 0 Å². The summed E-state index contributed by atoms with van der Waals surface area (Å²) in [5.74, 6) is -0.340. The first kappa shape index (κ1) is 17.7. The van der Waals surface area contributed by atoms with Gasteiger partial charge in [-0.05, 0) is 18.2 Å². The van der Waals surface area contributed by atoms with E-state index >= 15 is 0 Å². The van der Waals surface area contributed by atoms with Crippen LogP contribution in [-0.2, 0) is 21.4 Å². The van der Waals surface area contributed by atoms with Crippen LogP contribution in [0, 0.1) is 0 Å². The molecule has 0 aliphatic rings. The number of nitrogens with zero attached hydrogens (tertiary/aromatic N) is 3. The number of rotatable bonds is 6. The SMILES string of the molecule is COCc1nnc(NC(=O)c2ccc3nc(NS(C)(=O)=O)sc3c2)s1. The van der Waals surface area contributed by atoms with Gasteiger partial charge in [0.25, 0.3) is 5.91 Å². The van der Waals surface area contributed by atoms with Crippen molar-refractivity contribution in [3.63, 3.8) is 0 Å². The highest BCUT2D eigenvalue weighted by molar-refractivity contribution is 7.92. The molecule has 0 unspecified atom stereocenters. The molecule has 0 aliphatic heterocycles. The maximum Gasteiger partial charge on any atom is 0.257 e. The third-order valence-corrected chi connectivity index (χ3v) is 5.32. The topological polar surface area (TPSA) is 123 Å². The molecule has 2 aromatic heterocycles. The molecular formula is C13H13N5O4S3. The Bertz CT molecular complexity index is 1030. The number of ether oxygens (including phenoxy) is 1. The zero-order chi connectivity index (χ0) is 18.0.